The average Bonchev–Trinajstić information content (AvgIpc) is 2.70. The van der Waals surface area contributed by atoms with Gasteiger partial charge in [-0.05, 0) is 69.6 Å². The molecular weight excluding hydrogens is 395 g/mol. The molecule has 92 valence electrons. The Balaban J connectivity index is 2.10. The highest BCUT2D eigenvalue weighted by Crippen LogP contribution is 2.28. The molecule has 3 nitrogen and oxygen atoms in total. The van der Waals surface area contributed by atoms with Crippen molar-refractivity contribution in [2.75, 3.05) is 5.32 Å². The first-order valence-corrected chi connectivity index (χ1v) is 7.46. The van der Waals surface area contributed by atoms with Crippen LogP contribution in [-0.4, -0.2) is 11.9 Å². The van der Waals surface area contributed by atoms with Gasteiger partial charge in [0, 0.05) is 14.1 Å². The summed E-state index contributed by atoms with van der Waals surface area (Å²) in [5.74, 6) is -0.00235. The summed E-state index contributed by atoms with van der Waals surface area (Å²) in [6, 6.07) is 5.88. The van der Waals surface area contributed by atoms with Crippen LogP contribution in [0.2, 0.25) is 0 Å². The van der Waals surface area contributed by atoms with Gasteiger partial charge in [-0.15, -0.1) is 0 Å². The lowest BCUT2D eigenvalue weighted by Gasteiger charge is -2.16. The Morgan fingerprint density at radius 1 is 1.47 bits per heavy atom. The van der Waals surface area contributed by atoms with Crippen molar-refractivity contribution < 1.29 is 4.79 Å². The van der Waals surface area contributed by atoms with E-state index < -0.39 is 0 Å². The van der Waals surface area contributed by atoms with E-state index in [4.69, 9.17) is 5.73 Å². The predicted molar refractivity (Wildman–Crippen MR) is 80.8 cm³/mol. The molecule has 2 unspecified atom stereocenters. The molecular formula is C12H14BrIN2O. The first kappa shape index (κ1) is 13.3. The number of rotatable bonds is 2. The summed E-state index contributed by atoms with van der Waals surface area (Å²) in [5, 5.41) is 2.95. The zero-order chi connectivity index (χ0) is 12.4. The molecule has 1 fully saturated rings. The van der Waals surface area contributed by atoms with E-state index in [1.165, 1.54) is 0 Å². The van der Waals surface area contributed by atoms with E-state index in [0.29, 0.717) is 0 Å². The highest BCUT2D eigenvalue weighted by molar-refractivity contribution is 14.1. The van der Waals surface area contributed by atoms with Crippen LogP contribution in [-0.2, 0) is 4.79 Å². The SMILES string of the molecule is NC1CCCC1C(=O)Nc1cc(I)ccc1Br. The predicted octanol–water partition coefficient (Wildman–Crippen LogP) is 3.12. The Hall–Kier alpha value is -0.140. The summed E-state index contributed by atoms with van der Waals surface area (Å²) in [6.45, 7) is 0. The van der Waals surface area contributed by atoms with Crippen molar-refractivity contribution in [3.8, 4) is 0 Å². The number of hydrogen-bond acceptors (Lipinski definition) is 2. The van der Waals surface area contributed by atoms with Crippen molar-refractivity contribution in [2.45, 2.75) is 25.3 Å². The zero-order valence-electron chi connectivity index (χ0n) is 9.25. The Labute approximate surface area is 123 Å². The summed E-state index contributed by atoms with van der Waals surface area (Å²) < 4.78 is 2.00. The van der Waals surface area contributed by atoms with Crippen molar-refractivity contribution in [1.82, 2.24) is 0 Å². The normalized spacial score (nSPS) is 23.7. The second-order valence-corrected chi connectivity index (χ2v) is 6.41. The molecule has 1 aliphatic rings. The Bertz CT molecular complexity index is 439. The molecule has 1 aliphatic carbocycles. The van der Waals surface area contributed by atoms with E-state index in [0.717, 1.165) is 33.0 Å². The van der Waals surface area contributed by atoms with Crippen LogP contribution < -0.4 is 11.1 Å². The van der Waals surface area contributed by atoms with Gasteiger partial charge in [0.25, 0.3) is 0 Å². The number of carbonyl (C=O) groups is 1. The molecule has 0 aliphatic heterocycles. The lowest BCUT2D eigenvalue weighted by Crippen LogP contribution is -2.34. The molecule has 17 heavy (non-hydrogen) atoms. The first-order valence-electron chi connectivity index (χ1n) is 5.59. The minimum Gasteiger partial charge on any atom is -0.327 e. The summed E-state index contributed by atoms with van der Waals surface area (Å²) in [7, 11) is 0. The van der Waals surface area contributed by atoms with E-state index in [1.807, 2.05) is 18.2 Å². The van der Waals surface area contributed by atoms with Crippen LogP contribution in [0.3, 0.4) is 0 Å². The second-order valence-electron chi connectivity index (χ2n) is 4.31. The van der Waals surface area contributed by atoms with Crippen LogP contribution >= 0.6 is 38.5 Å². The fraction of sp³-hybridized carbons (Fsp3) is 0.417. The van der Waals surface area contributed by atoms with Gasteiger partial charge in [0.05, 0.1) is 11.6 Å². The standard InChI is InChI=1S/C12H14BrIN2O/c13-9-5-4-7(14)6-11(9)16-12(17)8-2-1-3-10(8)15/h4-6,8,10H,1-3,15H2,(H,16,17). The third kappa shape index (κ3) is 3.20. The molecule has 2 rings (SSSR count). The quantitative estimate of drug-likeness (QED) is 0.738. The molecule has 1 aromatic rings. The maximum atomic E-state index is 12.1. The molecule has 0 heterocycles. The summed E-state index contributed by atoms with van der Waals surface area (Å²) >= 11 is 5.66. The van der Waals surface area contributed by atoms with Gasteiger partial charge in [-0.25, -0.2) is 0 Å². The number of nitrogens with one attached hydrogen (secondary N) is 1. The van der Waals surface area contributed by atoms with Crippen LogP contribution in [0.1, 0.15) is 19.3 Å². The topological polar surface area (TPSA) is 55.1 Å². The van der Waals surface area contributed by atoms with Gasteiger partial charge in [-0.1, -0.05) is 6.42 Å². The fourth-order valence-electron chi connectivity index (χ4n) is 2.13. The van der Waals surface area contributed by atoms with Crippen molar-refractivity contribution in [3.05, 3.63) is 26.2 Å². The highest BCUT2D eigenvalue weighted by Gasteiger charge is 2.30. The van der Waals surface area contributed by atoms with Gasteiger partial charge >= 0.3 is 0 Å². The molecule has 0 bridgehead atoms. The minimum atomic E-state index is -0.0419. The number of hydrogen-bond donors (Lipinski definition) is 2. The maximum absolute atomic E-state index is 12.1. The Morgan fingerprint density at radius 3 is 2.88 bits per heavy atom. The number of anilines is 1. The number of amides is 1. The molecule has 1 aromatic carbocycles. The molecule has 0 saturated heterocycles. The van der Waals surface area contributed by atoms with E-state index >= 15 is 0 Å². The fourth-order valence-corrected chi connectivity index (χ4v) is 2.97. The van der Waals surface area contributed by atoms with E-state index in [2.05, 4.69) is 43.8 Å². The Kier molecular flexibility index (Phi) is 4.43. The highest BCUT2D eigenvalue weighted by atomic mass is 127. The first-order chi connectivity index (χ1) is 8.08. The third-order valence-electron chi connectivity index (χ3n) is 3.09. The molecule has 1 saturated carbocycles. The molecule has 1 amide bonds. The van der Waals surface area contributed by atoms with Crippen LogP contribution in [0.15, 0.2) is 22.7 Å². The summed E-state index contributed by atoms with van der Waals surface area (Å²) in [5.41, 5.74) is 6.75. The van der Waals surface area contributed by atoms with Gasteiger partial charge < -0.3 is 11.1 Å². The number of nitrogens with two attached hydrogens (primary N) is 1. The van der Waals surface area contributed by atoms with Crippen molar-refractivity contribution >= 4 is 50.1 Å². The largest absolute Gasteiger partial charge is 0.327 e. The lowest BCUT2D eigenvalue weighted by molar-refractivity contribution is -0.120. The van der Waals surface area contributed by atoms with Crippen LogP contribution in [0, 0.1) is 9.49 Å². The molecule has 3 N–H and O–H groups in total. The lowest BCUT2D eigenvalue weighted by atomic mass is 10.0. The van der Waals surface area contributed by atoms with Crippen molar-refractivity contribution in [3.63, 3.8) is 0 Å². The van der Waals surface area contributed by atoms with Crippen molar-refractivity contribution in [1.29, 1.82) is 0 Å². The van der Waals surface area contributed by atoms with Gasteiger partial charge in [-0.2, -0.15) is 0 Å². The van der Waals surface area contributed by atoms with Crippen LogP contribution in [0.25, 0.3) is 0 Å². The number of benzene rings is 1. The van der Waals surface area contributed by atoms with Gasteiger partial charge in [0.1, 0.15) is 0 Å². The zero-order valence-corrected chi connectivity index (χ0v) is 13.0. The maximum Gasteiger partial charge on any atom is 0.229 e. The summed E-state index contributed by atoms with van der Waals surface area (Å²) in [6.07, 6.45) is 2.90. The van der Waals surface area contributed by atoms with E-state index in [1.54, 1.807) is 0 Å². The second kappa shape index (κ2) is 5.67. The minimum absolute atomic E-state index is 0.0107. The van der Waals surface area contributed by atoms with Crippen molar-refractivity contribution in [2.24, 2.45) is 11.7 Å². The number of halogens is 2. The van der Waals surface area contributed by atoms with E-state index in [9.17, 15) is 4.79 Å². The molecule has 0 radical (unpaired) electrons. The average molecular weight is 409 g/mol. The molecule has 0 spiro atoms. The molecule has 5 heteroatoms. The van der Waals surface area contributed by atoms with Gasteiger partial charge in [0.2, 0.25) is 5.91 Å². The Morgan fingerprint density at radius 2 is 2.24 bits per heavy atom. The van der Waals surface area contributed by atoms with Crippen LogP contribution in [0.5, 0.6) is 0 Å². The van der Waals surface area contributed by atoms with Gasteiger partial charge in [-0.3, -0.25) is 4.79 Å². The van der Waals surface area contributed by atoms with E-state index in [-0.39, 0.29) is 17.9 Å². The van der Waals surface area contributed by atoms with Gasteiger partial charge in [0.15, 0.2) is 0 Å². The third-order valence-corrected chi connectivity index (χ3v) is 4.45. The summed E-state index contributed by atoms with van der Waals surface area (Å²) in [4.78, 5) is 12.1. The molecule has 2 atom stereocenters. The number of carbonyl (C=O) groups excluding carboxylic acids is 1. The van der Waals surface area contributed by atoms with Crippen LogP contribution in [0.4, 0.5) is 5.69 Å². The molecule has 0 aromatic heterocycles. The smallest absolute Gasteiger partial charge is 0.229 e. The monoisotopic (exact) mass is 408 g/mol.